The number of benzene rings is 2. The van der Waals surface area contributed by atoms with Gasteiger partial charge in [-0.25, -0.2) is 8.42 Å². The van der Waals surface area contributed by atoms with E-state index < -0.39 is 16.1 Å². The number of rotatable bonds is 9. The Morgan fingerprint density at radius 3 is 2.34 bits per heavy atom. The fourth-order valence-electron chi connectivity index (χ4n) is 4.12. The average molecular weight is 478 g/mol. The van der Waals surface area contributed by atoms with E-state index in [2.05, 4.69) is 22.3 Å². The van der Waals surface area contributed by atoms with Crippen molar-refractivity contribution in [1.29, 1.82) is 0 Å². The summed E-state index contributed by atoms with van der Waals surface area (Å²) >= 11 is 6.12. The molecule has 0 saturated carbocycles. The molecule has 32 heavy (non-hydrogen) atoms. The van der Waals surface area contributed by atoms with Crippen LogP contribution in [0.4, 0.5) is 5.69 Å². The van der Waals surface area contributed by atoms with E-state index in [9.17, 15) is 13.2 Å². The van der Waals surface area contributed by atoms with Crippen LogP contribution < -0.4 is 9.62 Å². The van der Waals surface area contributed by atoms with E-state index in [0.717, 1.165) is 37.0 Å². The van der Waals surface area contributed by atoms with E-state index in [4.69, 9.17) is 11.6 Å². The molecule has 0 spiro atoms. The summed E-state index contributed by atoms with van der Waals surface area (Å²) in [5, 5.41) is 3.33. The maximum Gasteiger partial charge on any atom is 0.244 e. The first-order valence-electron chi connectivity index (χ1n) is 11.0. The largest absolute Gasteiger partial charge is 0.350 e. The Bertz CT molecular complexity index is 1030. The Balaban J connectivity index is 1.70. The van der Waals surface area contributed by atoms with Crippen LogP contribution >= 0.6 is 11.6 Å². The molecule has 0 unspecified atom stereocenters. The van der Waals surface area contributed by atoms with Crippen molar-refractivity contribution in [1.82, 2.24) is 10.2 Å². The SMILES string of the molecule is CC[C@H](C(=O)NCc1ccc(CN2CCCC2)cc1)N(c1cc(Cl)ccc1C)S(C)(=O)=O. The van der Waals surface area contributed by atoms with Crippen LogP contribution in [-0.4, -0.2) is 44.6 Å². The van der Waals surface area contributed by atoms with E-state index in [1.807, 2.05) is 12.1 Å². The van der Waals surface area contributed by atoms with Crippen LogP contribution in [0.2, 0.25) is 5.02 Å². The molecule has 1 aliphatic rings. The zero-order valence-electron chi connectivity index (χ0n) is 19.0. The molecule has 174 valence electrons. The summed E-state index contributed by atoms with van der Waals surface area (Å²) in [6.07, 6.45) is 3.98. The van der Waals surface area contributed by atoms with Gasteiger partial charge in [-0.2, -0.15) is 0 Å². The molecule has 0 aliphatic carbocycles. The standard InChI is InChI=1S/C24H32ClN3O3S/c1-4-22(28(32(3,30)31)23-15-21(25)12-7-18(23)2)24(29)26-16-19-8-10-20(11-9-19)17-27-13-5-6-14-27/h7-12,15,22H,4-6,13-14,16-17H2,1-3H3,(H,26,29)/t22-/m1/s1. The molecule has 0 radical (unpaired) electrons. The molecule has 0 aromatic heterocycles. The lowest BCUT2D eigenvalue weighted by Crippen LogP contribution is -2.49. The van der Waals surface area contributed by atoms with Gasteiger partial charge in [0.2, 0.25) is 15.9 Å². The van der Waals surface area contributed by atoms with Crippen LogP contribution in [0.5, 0.6) is 0 Å². The van der Waals surface area contributed by atoms with E-state index in [-0.39, 0.29) is 5.91 Å². The molecular formula is C24H32ClN3O3S. The third kappa shape index (κ3) is 6.24. The third-order valence-electron chi connectivity index (χ3n) is 5.83. The first-order chi connectivity index (χ1) is 15.2. The zero-order valence-corrected chi connectivity index (χ0v) is 20.5. The summed E-state index contributed by atoms with van der Waals surface area (Å²) in [5.41, 5.74) is 3.39. The van der Waals surface area contributed by atoms with Gasteiger partial charge in [0, 0.05) is 18.1 Å². The fourth-order valence-corrected chi connectivity index (χ4v) is 5.55. The molecule has 1 aliphatic heterocycles. The molecule has 2 aromatic carbocycles. The molecule has 1 saturated heterocycles. The minimum atomic E-state index is -3.70. The third-order valence-corrected chi connectivity index (χ3v) is 7.23. The highest BCUT2D eigenvalue weighted by molar-refractivity contribution is 7.92. The number of sulfonamides is 1. The van der Waals surface area contributed by atoms with Gasteiger partial charge in [-0.15, -0.1) is 0 Å². The van der Waals surface area contributed by atoms with Crippen molar-refractivity contribution in [2.45, 2.75) is 52.2 Å². The van der Waals surface area contributed by atoms with E-state index in [0.29, 0.717) is 23.7 Å². The minimum absolute atomic E-state index is 0.333. The number of halogens is 1. The molecule has 1 amide bonds. The number of carbonyl (C=O) groups is 1. The van der Waals surface area contributed by atoms with Crippen LogP contribution in [-0.2, 0) is 27.9 Å². The lowest BCUT2D eigenvalue weighted by molar-refractivity contribution is -0.122. The van der Waals surface area contributed by atoms with Gasteiger partial charge >= 0.3 is 0 Å². The molecule has 6 nitrogen and oxygen atoms in total. The van der Waals surface area contributed by atoms with Crippen LogP contribution in [0.1, 0.15) is 42.9 Å². The second-order valence-electron chi connectivity index (χ2n) is 8.43. The van der Waals surface area contributed by atoms with Gasteiger partial charge in [0.15, 0.2) is 0 Å². The maximum absolute atomic E-state index is 13.0. The zero-order chi connectivity index (χ0) is 23.3. The topological polar surface area (TPSA) is 69.7 Å². The molecule has 2 aromatic rings. The number of amides is 1. The van der Waals surface area contributed by atoms with Crippen LogP contribution in [0.15, 0.2) is 42.5 Å². The van der Waals surface area contributed by atoms with Gasteiger partial charge in [-0.05, 0) is 68.1 Å². The molecule has 3 rings (SSSR count). The van der Waals surface area contributed by atoms with Gasteiger partial charge < -0.3 is 5.32 Å². The molecule has 8 heteroatoms. The van der Waals surface area contributed by atoms with Crippen molar-refractivity contribution in [3.8, 4) is 0 Å². The van der Waals surface area contributed by atoms with E-state index in [1.165, 1.54) is 22.7 Å². The predicted octanol–water partition coefficient (Wildman–Crippen LogP) is 4.11. The number of aryl methyl sites for hydroxylation is 1. The first-order valence-corrected chi connectivity index (χ1v) is 13.2. The average Bonchev–Trinajstić information content (AvgIpc) is 3.25. The van der Waals surface area contributed by atoms with Crippen molar-refractivity contribution >= 4 is 33.2 Å². The lowest BCUT2D eigenvalue weighted by atomic mass is 10.1. The summed E-state index contributed by atoms with van der Waals surface area (Å²) in [5.74, 6) is -0.335. The van der Waals surface area contributed by atoms with Crippen LogP contribution in [0, 0.1) is 6.92 Å². The van der Waals surface area contributed by atoms with Gasteiger partial charge in [0.05, 0.1) is 11.9 Å². The van der Waals surface area contributed by atoms with Crippen LogP contribution in [0.25, 0.3) is 0 Å². The Kier molecular flexibility index (Phi) is 8.20. The van der Waals surface area contributed by atoms with E-state index >= 15 is 0 Å². The number of nitrogens with one attached hydrogen (secondary N) is 1. The number of likely N-dealkylation sites (tertiary alicyclic amines) is 1. The Labute approximate surface area is 196 Å². The molecule has 1 fully saturated rings. The number of nitrogens with zero attached hydrogens (tertiary/aromatic N) is 2. The summed E-state index contributed by atoms with van der Waals surface area (Å²) in [6.45, 7) is 7.20. The maximum atomic E-state index is 13.0. The summed E-state index contributed by atoms with van der Waals surface area (Å²) < 4.78 is 26.5. The number of hydrogen-bond acceptors (Lipinski definition) is 4. The van der Waals surface area contributed by atoms with Crippen molar-refractivity contribution in [3.05, 3.63) is 64.2 Å². The highest BCUT2D eigenvalue weighted by atomic mass is 35.5. The minimum Gasteiger partial charge on any atom is -0.350 e. The molecule has 1 heterocycles. The van der Waals surface area contributed by atoms with Crippen molar-refractivity contribution in [2.75, 3.05) is 23.7 Å². The summed E-state index contributed by atoms with van der Waals surface area (Å²) in [7, 11) is -3.70. The fraction of sp³-hybridized carbons (Fsp3) is 0.458. The smallest absolute Gasteiger partial charge is 0.244 e. The second kappa shape index (κ2) is 10.7. The van der Waals surface area contributed by atoms with Gasteiger partial charge in [-0.1, -0.05) is 48.9 Å². The van der Waals surface area contributed by atoms with Gasteiger partial charge in [0.25, 0.3) is 0 Å². The van der Waals surface area contributed by atoms with Gasteiger partial charge in [0.1, 0.15) is 6.04 Å². The number of carbonyl (C=O) groups excluding carboxylic acids is 1. The molecule has 1 atom stereocenters. The quantitative estimate of drug-likeness (QED) is 0.590. The highest BCUT2D eigenvalue weighted by Gasteiger charge is 2.32. The molecule has 1 N–H and O–H groups in total. The normalized spacial score (nSPS) is 15.5. The molecular weight excluding hydrogens is 446 g/mol. The predicted molar refractivity (Wildman–Crippen MR) is 130 cm³/mol. The highest BCUT2D eigenvalue weighted by Crippen LogP contribution is 2.29. The Morgan fingerprint density at radius 1 is 1.12 bits per heavy atom. The molecule has 0 bridgehead atoms. The lowest BCUT2D eigenvalue weighted by Gasteiger charge is -2.31. The van der Waals surface area contributed by atoms with Gasteiger partial charge in [-0.3, -0.25) is 14.0 Å². The first kappa shape index (κ1) is 24.6. The summed E-state index contributed by atoms with van der Waals surface area (Å²) in [4.78, 5) is 15.5. The van der Waals surface area contributed by atoms with Crippen molar-refractivity contribution in [2.24, 2.45) is 0 Å². The Hall–Kier alpha value is -2.09. The number of hydrogen-bond donors (Lipinski definition) is 1. The van der Waals surface area contributed by atoms with Crippen molar-refractivity contribution < 1.29 is 13.2 Å². The monoisotopic (exact) mass is 477 g/mol. The van der Waals surface area contributed by atoms with Crippen LogP contribution in [0.3, 0.4) is 0 Å². The second-order valence-corrected chi connectivity index (χ2v) is 10.7. The van der Waals surface area contributed by atoms with Crippen molar-refractivity contribution in [3.63, 3.8) is 0 Å². The number of anilines is 1. The van der Waals surface area contributed by atoms with E-state index in [1.54, 1.807) is 32.0 Å². The summed E-state index contributed by atoms with van der Waals surface area (Å²) in [6, 6.07) is 12.4. The Morgan fingerprint density at radius 2 is 1.75 bits per heavy atom.